The summed E-state index contributed by atoms with van der Waals surface area (Å²) in [7, 11) is -3.08. The number of hydrogen-bond acceptors (Lipinski definition) is 6. The van der Waals surface area contributed by atoms with Crippen LogP contribution in [0.1, 0.15) is 18.9 Å². The molecule has 2 aromatic carbocycles. The Bertz CT molecular complexity index is 1310. The summed E-state index contributed by atoms with van der Waals surface area (Å²) in [5.41, 5.74) is 2.54. The van der Waals surface area contributed by atoms with Crippen molar-refractivity contribution in [3.63, 3.8) is 0 Å². The Morgan fingerprint density at radius 1 is 1.18 bits per heavy atom. The van der Waals surface area contributed by atoms with Gasteiger partial charge in [0, 0.05) is 28.2 Å². The molecule has 0 unspecified atom stereocenters. The fraction of sp³-hybridized carbons (Fsp3) is 0.348. The molecule has 3 aromatic rings. The Hall–Kier alpha value is -2.07. The number of carbonyl (C=O) groups excluding carboxylic acids is 1. The van der Waals surface area contributed by atoms with E-state index in [0.717, 1.165) is 16.8 Å². The first-order chi connectivity index (χ1) is 16.2. The Kier molecular flexibility index (Phi) is 7.57. The summed E-state index contributed by atoms with van der Waals surface area (Å²) in [6.45, 7) is 4.24. The molecule has 4 rings (SSSR count). The normalized spacial score (nSPS) is 17.1. The fourth-order valence-electron chi connectivity index (χ4n) is 3.97. The maximum absolute atomic E-state index is 13.0. The second-order valence-corrected chi connectivity index (χ2v) is 12.1. The van der Waals surface area contributed by atoms with Gasteiger partial charge in [-0.2, -0.15) is 0 Å². The number of nitrogens with zero attached hydrogens (tertiary/aromatic N) is 4. The van der Waals surface area contributed by atoms with Gasteiger partial charge >= 0.3 is 0 Å². The van der Waals surface area contributed by atoms with E-state index in [1.165, 1.54) is 11.8 Å². The Morgan fingerprint density at radius 2 is 1.91 bits per heavy atom. The van der Waals surface area contributed by atoms with Gasteiger partial charge in [-0.15, -0.1) is 10.2 Å². The number of thioether (sulfide) groups is 1. The Morgan fingerprint density at radius 3 is 2.53 bits per heavy atom. The van der Waals surface area contributed by atoms with Crippen LogP contribution in [0.5, 0.6) is 0 Å². The van der Waals surface area contributed by atoms with Crippen molar-refractivity contribution in [3.05, 3.63) is 58.1 Å². The highest BCUT2D eigenvalue weighted by Gasteiger charge is 2.34. The molecule has 0 bridgehead atoms. The van der Waals surface area contributed by atoms with E-state index in [-0.39, 0.29) is 29.2 Å². The number of amides is 1. The quantitative estimate of drug-likeness (QED) is 0.406. The zero-order valence-electron chi connectivity index (χ0n) is 18.7. The molecule has 0 radical (unpaired) electrons. The van der Waals surface area contributed by atoms with Gasteiger partial charge in [-0.05, 0) is 62.2 Å². The maximum Gasteiger partial charge on any atom is 0.233 e. The molecular weight excluding hydrogens is 515 g/mol. The van der Waals surface area contributed by atoms with Crippen molar-refractivity contribution in [3.8, 4) is 17.1 Å². The highest BCUT2D eigenvalue weighted by atomic mass is 35.5. The largest absolute Gasteiger partial charge is 0.338 e. The van der Waals surface area contributed by atoms with Crippen molar-refractivity contribution in [2.24, 2.45) is 0 Å². The topological polar surface area (TPSA) is 85.2 Å². The average Bonchev–Trinajstić information content (AvgIpc) is 3.38. The summed E-state index contributed by atoms with van der Waals surface area (Å²) in [5.74, 6) is 0.736. The van der Waals surface area contributed by atoms with Crippen LogP contribution in [0.4, 0.5) is 0 Å². The van der Waals surface area contributed by atoms with Crippen LogP contribution in [-0.4, -0.2) is 63.8 Å². The molecule has 1 amide bonds. The third kappa shape index (κ3) is 5.43. The van der Waals surface area contributed by atoms with Gasteiger partial charge in [0.2, 0.25) is 5.91 Å². The van der Waals surface area contributed by atoms with Gasteiger partial charge in [0.25, 0.3) is 0 Å². The van der Waals surface area contributed by atoms with Gasteiger partial charge in [-0.25, -0.2) is 8.42 Å². The van der Waals surface area contributed by atoms with Crippen LogP contribution >= 0.6 is 35.0 Å². The lowest BCUT2D eigenvalue weighted by Crippen LogP contribution is -2.42. The molecule has 34 heavy (non-hydrogen) atoms. The van der Waals surface area contributed by atoms with Gasteiger partial charge in [-0.3, -0.25) is 9.36 Å². The average molecular weight is 540 g/mol. The number of aryl methyl sites for hydroxylation is 1. The lowest BCUT2D eigenvalue weighted by atomic mass is 10.2. The molecule has 0 saturated carbocycles. The molecular formula is C23H24Cl2N4O3S2. The van der Waals surface area contributed by atoms with Crippen LogP contribution in [0.2, 0.25) is 10.0 Å². The zero-order chi connectivity index (χ0) is 24.5. The standard InChI is InChI=1S/C23H24Cl2N4O3S2/c1-3-28(19-10-11-34(31,32)14-19)21(30)13-33-23-27-26-22(16-5-7-17(24)8-6-16)29(23)18-9-4-15(2)20(25)12-18/h4-9,12,19H,3,10-11,13-14H2,1-2H3/t19-/m0/s1. The van der Waals surface area contributed by atoms with E-state index in [9.17, 15) is 13.2 Å². The van der Waals surface area contributed by atoms with E-state index >= 15 is 0 Å². The molecule has 7 nitrogen and oxygen atoms in total. The molecule has 180 valence electrons. The SMILES string of the molecule is CCN(C(=O)CSc1nnc(-c2ccc(Cl)cc2)n1-c1ccc(C)c(Cl)c1)[C@H]1CCS(=O)(=O)C1. The van der Waals surface area contributed by atoms with Crippen LogP contribution in [0.15, 0.2) is 47.6 Å². The van der Waals surface area contributed by atoms with Gasteiger partial charge in [0.15, 0.2) is 20.8 Å². The molecule has 1 saturated heterocycles. The predicted octanol–water partition coefficient (Wildman–Crippen LogP) is 4.68. The number of benzene rings is 2. The Labute approximate surface area is 213 Å². The molecule has 1 aliphatic rings. The Balaban J connectivity index is 1.63. The number of carbonyl (C=O) groups is 1. The van der Waals surface area contributed by atoms with Crippen molar-refractivity contribution in [1.29, 1.82) is 0 Å². The first-order valence-corrected chi connectivity index (χ1v) is 14.4. The van der Waals surface area contributed by atoms with Crippen LogP contribution in [0.25, 0.3) is 17.1 Å². The van der Waals surface area contributed by atoms with Crippen molar-refractivity contribution in [2.45, 2.75) is 31.5 Å². The highest BCUT2D eigenvalue weighted by molar-refractivity contribution is 7.99. The lowest BCUT2D eigenvalue weighted by molar-refractivity contribution is -0.129. The molecule has 0 aliphatic carbocycles. The van der Waals surface area contributed by atoms with E-state index in [2.05, 4.69) is 10.2 Å². The van der Waals surface area contributed by atoms with Gasteiger partial charge in [0.1, 0.15) is 0 Å². The van der Waals surface area contributed by atoms with E-state index in [1.807, 2.05) is 48.7 Å². The number of halogens is 2. The van der Waals surface area contributed by atoms with Crippen LogP contribution in [0.3, 0.4) is 0 Å². The minimum Gasteiger partial charge on any atom is -0.338 e. The first kappa shape index (κ1) is 25.0. The minimum atomic E-state index is -3.08. The summed E-state index contributed by atoms with van der Waals surface area (Å²) >= 11 is 13.7. The summed E-state index contributed by atoms with van der Waals surface area (Å²) < 4.78 is 25.6. The van der Waals surface area contributed by atoms with Gasteiger partial charge in [0.05, 0.1) is 22.9 Å². The second kappa shape index (κ2) is 10.3. The molecule has 1 aromatic heterocycles. The number of rotatable bonds is 7. The van der Waals surface area contributed by atoms with Gasteiger partial charge in [-0.1, -0.05) is 41.0 Å². The van der Waals surface area contributed by atoms with E-state index < -0.39 is 9.84 Å². The summed E-state index contributed by atoms with van der Waals surface area (Å²) in [5, 5.41) is 10.5. The van der Waals surface area contributed by atoms with E-state index in [4.69, 9.17) is 23.2 Å². The zero-order valence-corrected chi connectivity index (χ0v) is 21.9. The third-order valence-corrected chi connectivity index (χ3v) is 9.11. The first-order valence-electron chi connectivity index (χ1n) is 10.8. The second-order valence-electron chi connectivity index (χ2n) is 8.11. The molecule has 1 aliphatic heterocycles. The highest BCUT2D eigenvalue weighted by Crippen LogP contribution is 2.31. The molecule has 1 atom stereocenters. The molecule has 11 heteroatoms. The van der Waals surface area contributed by atoms with Gasteiger partial charge < -0.3 is 4.90 Å². The van der Waals surface area contributed by atoms with E-state index in [0.29, 0.717) is 34.0 Å². The molecule has 0 spiro atoms. The van der Waals surface area contributed by atoms with Crippen molar-refractivity contribution < 1.29 is 13.2 Å². The number of aromatic nitrogens is 3. The van der Waals surface area contributed by atoms with Crippen LogP contribution in [0, 0.1) is 6.92 Å². The predicted molar refractivity (Wildman–Crippen MR) is 137 cm³/mol. The fourth-order valence-corrected chi connectivity index (χ4v) is 6.84. The molecule has 0 N–H and O–H groups in total. The van der Waals surface area contributed by atoms with E-state index in [1.54, 1.807) is 17.0 Å². The summed E-state index contributed by atoms with van der Waals surface area (Å²) in [4.78, 5) is 14.7. The molecule has 2 heterocycles. The third-order valence-electron chi connectivity index (χ3n) is 5.78. The molecule has 1 fully saturated rings. The summed E-state index contributed by atoms with van der Waals surface area (Å²) in [6, 6.07) is 12.7. The monoisotopic (exact) mass is 538 g/mol. The van der Waals surface area contributed by atoms with Crippen molar-refractivity contribution >= 4 is 50.7 Å². The van der Waals surface area contributed by atoms with Crippen molar-refractivity contribution in [2.75, 3.05) is 23.8 Å². The van der Waals surface area contributed by atoms with Crippen LogP contribution < -0.4 is 0 Å². The number of sulfone groups is 1. The minimum absolute atomic E-state index is 0.0238. The summed E-state index contributed by atoms with van der Waals surface area (Å²) in [6.07, 6.45) is 0.478. The number of hydrogen-bond donors (Lipinski definition) is 0. The smallest absolute Gasteiger partial charge is 0.233 e. The van der Waals surface area contributed by atoms with Crippen LogP contribution in [-0.2, 0) is 14.6 Å². The maximum atomic E-state index is 13.0. The lowest BCUT2D eigenvalue weighted by Gasteiger charge is -2.26. The van der Waals surface area contributed by atoms with Crippen molar-refractivity contribution in [1.82, 2.24) is 19.7 Å².